The maximum Gasteiger partial charge on any atom is 0.306 e. The smallest absolute Gasteiger partial charge is 0.306 e. The normalized spacial score (nSPS) is 24.8. The van der Waals surface area contributed by atoms with Crippen molar-refractivity contribution in [1.29, 1.82) is 0 Å². The van der Waals surface area contributed by atoms with Gasteiger partial charge in [-0.05, 0) is 25.2 Å². The summed E-state index contributed by atoms with van der Waals surface area (Å²) >= 11 is 0. The molecule has 0 unspecified atom stereocenters. The summed E-state index contributed by atoms with van der Waals surface area (Å²) in [4.78, 5) is 49.2. The molecule has 2 heterocycles. The minimum Gasteiger partial charge on any atom is -0.452 e. The fraction of sp³-hybridized carbons (Fsp3) is 0.750. The van der Waals surface area contributed by atoms with Crippen LogP contribution in [0.5, 0.6) is 0 Å². The number of ether oxygens (including phenoxy) is 1. The molecule has 0 aromatic rings. The van der Waals surface area contributed by atoms with Crippen molar-refractivity contribution >= 4 is 23.7 Å². The summed E-state index contributed by atoms with van der Waals surface area (Å²) in [5.41, 5.74) is 5.37. The summed E-state index contributed by atoms with van der Waals surface area (Å²) in [5.74, 6) is -1.53. The van der Waals surface area contributed by atoms with Crippen LogP contribution in [0.2, 0.25) is 0 Å². The van der Waals surface area contributed by atoms with E-state index in [4.69, 9.17) is 10.5 Å². The summed E-state index contributed by atoms with van der Waals surface area (Å²) < 4.78 is 4.94. The Morgan fingerprint density at radius 2 is 2.04 bits per heavy atom. The highest BCUT2D eigenvalue weighted by atomic mass is 16.6. The highest BCUT2D eigenvalue weighted by molar-refractivity contribution is 5.94. The second-order valence-electron chi connectivity index (χ2n) is 6.80. The third-order valence-corrected chi connectivity index (χ3v) is 4.36. The molecule has 2 saturated heterocycles. The van der Waals surface area contributed by atoms with Crippen LogP contribution < -0.4 is 11.1 Å². The number of nitrogens with one attached hydrogen (secondary N) is 1. The van der Waals surface area contributed by atoms with Gasteiger partial charge in [0.15, 0.2) is 6.10 Å². The number of cyclic esters (lactones) is 1. The Hall–Kier alpha value is -2.12. The van der Waals surface area contributed by atoms with Gasteiger partial charge in [-0.2, -0.15) is 0 Å². The van der Waals surface area contributed by atoms with E-state index in [0.717, 1.165) is 0 Å². The number of nitrogens with zero attached hydrogens (tertiary/aromatic N) is 1. The molecule has 0 spiro atoms. The molecule has 3 N–H and O–H groups in total. The van der Waals surface area contributed by atoms with Gasteiger partial charge in [0.1, 0.15) is 12.1 Å². The van der Waals surface area contributed by atoms with Crippen LogP contribution in [0.4, 0.5) is 0 Å². The Bertz CT molecular complexity index is 534. The number of nitrogens with two attached hydrogens (primary N) is 1. The predicted molar refractivity (Wildman–Crippen MR) is 84.4 cm³/mol. The Kier molecular flexibility index (Phi) is 5.80. The Morgan fingerprint density at radius 3 is 2.58 bits per heavy atom. The van der Waals surface area contributed by atoms with Gasteiger partial charge in [-0.25, -0.2) is 0 Å². The van der Waals surface area contributed by atoms with Crippen LogP contribution in [0.25, 0.3) is 0 Å². The number of amides is 3. The third kappa shape index (κ3) is 4.24. The van der Waals surface area contributed by atoms with E-state index in [9.17, 15) is 19.2 Å². The van der Waals surface area contributed by atoms with E-state index in [2.05, 4.69) is 5.32 Å². The van der Waals surface area contributed by atoms with Crippen molar-refractivity contribution in [1.82, 2.24) is 10.2 Å². The molecule has 8 nitrogen and oxygen atoms in total. The molecule has 0 bridgehead atoms. The zero-order valence-electron chi connectivity index (χ0n) is 14.1. The largest absolute Gasteiger partial charge is 0.452 e. The van der Waals surface area contributed by atoms with Gasteiger partial charge < -0.3 is 20.7 Å². The lowest BCUT2D eigenvalue weighted by atomic mass is 10.0. The van der Waals surface area contributed by atoms with Gasteiger partial charge in [0.05, 0.1) is 0 Å². The molecule has 0 radical (unpaired) electrons. The zero-order valence-corrected chi connectivity index (χ0v) is 14.1. The first-order valence-corrected chi connectivity index (χ1v) is 8.39. The number of esters is 1. The van der Waals surface area contributed by atoms with Crippen LogP contribution in [-0.2, 0) is 23.9 Å². The van der Waals surface area contributed by atoms with Crippen molar-refractivity contribution in [2.24, 2.45) is 11.7 Å². The lowest BCUT2D eigenvalue weighted by molar-refractivity contribution is -0.149. The van der Waals surface area contributed by atoms with Crippen molar-refractivity contribution in [2.45, 2.75) is 64.1 Å². The number of hydrogen-bond acceptors (Lipinski definition) is 5. The third-order valence-electron chi connectivity index (χ3n) is 4.36. The average molecular weight is 339 g/mol. The average Bonchev–Trinajstić information content (AvgIpc) is 3.13. The van der Waals surface area contributed by atoms with Crippen LogP contribution in [0.15, 0.2) is 0 Å². The minimum atomic E-state index is -0.842. The number of primary amides is 1. The van der Waals surface area contributed by atoms with Gasteiger partial charge in [-0.3, -0.25) is 19.2 Å². The molecule has 0 aromatic carbocycles. The van der Waals surface area contributed by atoms with Gasteiger partial charge in [-0.15, -0.1) is 0 Å². The van der Waals surface area contributed by atoms with Crippen LogP contribution in [0, 0.1) is 5.92 Å². The van der Waals surface area contributed by atoms with Crippen LogP contribution in [-0.4, -0.2) is 53.3 Å². The maximum absolute atomic E-state index is 12.8. The molecular weight excluding hydrogens is 314 g/mol. The van der Waals surface area contributed by atoms with E-state index in [0.29, 0.717) is 32.2 Å². The van der Waals surface area contributed by atoms with Crippen LogP contribution in [0.3, 0.4) is 0 Å². The molecule has 134 valence electrons. The molecule has 2 rings (SSSR count). The predicted octanol–water partition coefficient (Wildman–Crippen LogP) is -0.301. The van der Waals surface area contributed by atoms with E-state index in [1.165, 1.54) is 4.90 Å². The molecule has 8 heteroatoms. The lowest BCUT2D eigenvalue weighted by Crippen LogP contribution is -2.54. The van der Waals surface area contributed by atoms with Gasteiger partial charge in [0, 0.05) is 19.4 Å². The van der Waals surface area contributed by atoms with Gasteiger partial charge in [-0.1, -0.05) is 13.8 Å². The van der Waals surface area contributed by atoms with E-state index in [1.807, 2.05) is 13.8 Å². The number of rotatable bonds is 6. The number of carbonyl (C=O) groups is 4. The highest BCUT2D eigenvalue weighted by Gasteiger charge is 2.38. The fourth-order valence-corrected chi connectivity index (χ4v) is 3.19. The second-order valence-corrected chi connectivity index (χ2v) is 6.80. The van der Waals surface area contributed by atoms with Gasteiger partial charge in [0.2, 0.25) is 11.8 Å². The number of carbonyl (C=O) groups excluding carboxylic acids is 4. The number of hydrogen-bond donors (Lipinski definition) is 2. The summed E-state index contributed by atoms with van der Waals surface area (Å²) in [6, 6.07) is -1.37. The van der Waals surface area contributed by atoms with Crippen molar-refractivity contribution in [3.05, 3.63) is 0 Å². The molecule has 2 aliphatic heterocycles. The molecule has 24 heavy (non-hydrogen) atoms. The Balaban J connectivity index is 2.06. The SMILES string of the molecule is CC(C)C[C@H](NC(=O)[C@@H]1CCC(=O)O1)C(=O)N1CCC[C@H]1C(N)=O. The standard InChI is InChI=1S/C16H25N3O5/c1-9(2)8-10(18-15(22)12-5-6-13(20)24-12)16(23)19-7-3-4-11(19)14(17)21/h9-12H,3-8H2,1-2H3,(H2,17,21)(H,18,22)/t10-,11-,12-/m0/s1. The van der Waals surface area contributed by atoms with Gasteiger partial charge in [0.25, 0.3) is 5.91 Å². The summed E-state index contributed by atoms with van der Waals surface area (Å²) in [6.45, 7) is 4.34. The molecule has 3 atom stereocenters. The summed E-state index contributed by atoms with van der Waals surface area (Å²) in [6.07, 6.45) is 1.38. The molecule has 0 aromatic heterocycles. The Morgan fingerprint density at radius 1 is 1.33 bits per heavy atom. The second kappa shape index (κ2) is 7.63. The Labute approximate surface area is 141 Å². The van der Waals surface area contributed by atoms with E-state index in [-0.39, 0.29) is 18.2 Å². The molecular formula is C16H25N3O5. The molecule has 2 fully saturated rings. The van der Waals surface area contributed by atoms with Crippen molar-refractivity contribution in [3.8, 4) is 0 Å². The summed E-state index contributed by atoms with van der Waals surface area (Å²) in [5, 5.41) is 2.69. The minimum absolute atomic E-state index is 0.167. The first-order chi connectivity index (χ1) is 11.3. The lowest BCUT2D eigenvalue weighted by Gasteiger charge is -2.29. The maximum atomic E-state index is 12.8. The highest BCUT2D eigenvalue weighted by Crippen LogP contribution is 2.21. The quantitative estimate of drug-likeness (QED) is 0.644. The first-order valence-electron chi connectivity index (χ1n) is 8.39. The molecule has 0 aliphatic carbocycles. The summed E-state index contributed by atoms with van der Waals surface area (Å²) in [7, 11) is 0. The van der Waals surface area contributed by atoms with Crippen LogP contribution in [0.1, 0.15) is 46.0 Å². The number of likely N-dealkylation sites (tertiary alicyclic amines) is 1. The van der Waals surface area contributed by atoms with Crippen molar-refractivity contribution < 1.29 is 23.9 Å². The molecule has 3 amide bonds. The van der Waals surface area contributed by atoms with Gasteiger partial charge >= 0.3 is 5.97 Å². The van der Waals surface area contributed by atoms with Crippen molar-refractivity contribution in [3.63, 3.8) is 0 Å². The van der Waals surface area contributed by atoms with Crippen molar-refractivity contribution in [2.75, 3.05) is 6.54 Å². The molecule has 2 aliphatic rings. The monoisotopic (exact) mass is 339 g/mol. The first kappa shape index (κ1) is 18.2. The van der Waals surface area contributed by atoms with Crippen LogP contribution >= 0.6 is 0 Å². The fourth-order valence-electron chi connectivity index (χ4n) is 3.19. The van der Waals surface area contributed by atoms with E-state index < -0.39 is 36.0 Å². The zero-order chi connectivity index (χ0) is 17.9. The van der Waals surface area contributed by atoms with E-state index >= 15 is 0 Å². The topological polar surface area (TPSA) is 119 Å². The molecule has 0 saturated carbocycles. The van der Waals surface area contributed by atoms with E-state index in [1.54, 1.807) is 0 Å².